The molecular formula is C17H19F2NO4S. The van der Waals surface area contributed by atoms with E-state index in [-0.39, 0.29) is 23.8 Å². The molecule has 8 heteroatoms. The zero-order valence-electron chi connectivity index (χ0n) is 13.9. The summed E-state index contributed by atoms with van der Waals surface area (Å²) < 4.78 is 60.4. The van der Waals surface area contributed by atoms with Crippen LogP contribution >= 0.6 is 0 Å². The van der Waals surface area contributed by atoms with Crippen molar-refractivity contribution in [3.8, 4) is 11.5 Å². The lowest BCUT2D eigenvalue weighted by Gasteiger charge is -2.18. The molecule has 0 heterocycles. The van der Waals surface area contributed by atoms with Gasteiger partial charge in [-0.2, -0.15) is 8.78 Å². The van der Waals surface area contributed by atoms with Crippen LogP contribution in [0.25, 0.3) is 0 Å². The molecule has 0 amide bonds. The Morgan fingerprint density at radius 1 is 1.04 bits per heavy atom. The summed E-state index contributed by atoms with van der Waals surface area (Å²) in [6, 6.07) is 13.2. The third-order valence-electron chi connectivity index (χ3n) is 3.52. The first kappa shape index (κ1) is 19.1. The number of benzene rings is 2. The van der Waals surface area contributed by atoms with Crippen LogP contribution in [0.15, 0.2) is 48.5 Å². The highest BCUT2D eigenvalue weighted by Gasteiger charge is 2.20. The Balaban J connectivity index is 2.15. The molecule has 0 radical (unpaired) electrons. The number of methoxy groups -OCH3 is 1. The summed E-state index contributed by atoms with van der Waals surface area (Å²) in [5.74, 6) is -0.122. The number of rotatable bonds is 8. The highest BCUT2D eigenvalue weighted by atomic mass is 32.2. The fourth-order valence-electron chi connectivity index (χ4n) is 2.26. The molecule has 0 aromatic heterocycles. The van der Waals surface area contributed by atoms with Gasteiger partial charge in [0.05, 0.1) is 12.9 Å². The maximum absolute atomic E-state index is 12.5. The third kappa shape index (κ3) is 5.40. The molecule has 2 aromatic rings. The van der Waals surface area contributed by atoms with Crippen molar-refractivity contribution in [3.05, 3.63) is 59.7 Å². The lowest BCUT2D eigenvalue weighted by atomic mass is 10.2. The van der Waals surface area contributed by atoms with E-state index in [1.165, 1.54) is 30.6 Å². The summed E-state index contributed by atoms with van der Waals surface area (Å²) >= 11 is 0. The molecule has 0 saturated carbocycles. The van der Waals surface area contributed by atoms with Crippen molar-refractivity contribution in [2.75, 3.05) is 14.2 Å². The van der Waals surface area contributed by atoms with Gasteiger partial charge in [0.15, 0.2) is 11.5 Å². The van der Waals surface area contributed by atoms with Gasteiger partial charge in [-0.05, 0) is 23.3 Å². The van der Waals surface area contributed by atoms with Crippen LogP contribution in [0.3, 0.4) is 0 Å². The van der Waals surface area contributed by atoms with Crippen molar-refractivity contribution in [1.82, 2.24) is 4.31 Å². The van der Waals surface area contributed by atoms with Gasteiger partial charge in [-0.3, -0.25) is 0 Å². The molecule has 2 rings (SSSR count). The van der Waals surface area contributed by atoms with E-state index >= 15 is 0 Å². The molecule has 5 nitrogen and oxygen atoms in total. The third-order valence-corrected chi connectivity index (χ3v) is 5.29. The molecule has 0 fully saturated rings. The molecule has 0 aliphatic carbocycles. The first-order valence-electron chi connectivity index (χ1n) is 7.41. The Bertz CT molecular complexity index is 798. The molecule has 0 unspecified atom stereocenters. The molecule has 25 heavy (non-hydrogen) atoms. The van der Waals surface area contributed by atoms with Crippen LogP contribution in [0.1, 0.15) is 11.1 Å². The van der Waals surface area contributed by atoms with Crippen LogP contribution in [0.5, 0.6) is 11.5 Å². The number of halogens is 2. The normalized spacial score (nSPS) is 11.8. The van der Waals surface area contributed by atoms with Crippen molar-refractivity contribution in [2.45, 2.75) is 18.9 Å². The Hall–Kier alpha value is -2.19. The first-order chi connectivity index (χ1) is 11.8. The number of alkyl halides is 2. The summed E-state index contributed by atoms with van der Waals surface area (Å²) in [7, 11) is -0.772. The Morgan fingerprint density at radius 3 is 2.32 bits per heavy atom. The number of hydrogen-bond donors (Lipinski definition) is 0. The van der Waals surface area contributed by atoms with Gasteiger partial charge in [0, 0.05) is 13.6 Å². The van der Waals surface area contributed by atoms with E-state index < -0.39 is 16.6 Å². The summed E-state index contributed by atoms with van der Waals surface area (Å²) in [6.45, 7) is -2.97. The number of ether oxygens (including phenoxy) is 2. The van der Waals surface area contributed by atoms with Crippen molar-refractivity contribution >= 4 is 10.0 Å². The zero-order chi connectivity index (χ0) is 18.4. The predicted molar refractivity (Wildman–Crippen MR) is 90.2 cm³/mol. The van der Waals surface area contributed by atoms with Crippen molar-refractivity contribution < 1.29 is 26.7 Å². The first-order valence-corrected chi connectivity index (χ1v) is 9.02. The lowest BCUT2D eigenvalue weighted by Crippen LogP contribution is -2.27. The van der Waals surface area contributed by atoms with E-state index in [1.54, 1.807) is 30.3 Å². The van der Waals surface area contributed by atoms with Gasteiger partial charge in [0.25, 0.3) is 0 Å². The minimum atomic E-state index is -3.55. The fraction of sp³-hybridized carbons (Fsp3) is 0.294. The molecule has 0 bridgehead atoms. The maximum atomic E-state index is 12.5. The highest BCUT2D eigenvalue weighted by Crippen LogP contribution is 2.30. The molecule has 136 valence electrons. The summed E-state index contributed by atoms with van der Waals surface area (Å²) in [5.41, 5.74) is 1.18. The van der Waals surface area contributed by atoms with Gasteiger partial charge in [-0.1, -0.05) is 36.4 Å². The van der Waals surface area contributed by atoms with Gasteiger partial charge in [-0.25, -0.2) is 12.7 Å². The van der Waals surface area contributed by atoms with Gasteiger partial charge in [-0.15, -0.1) is 0 Å². The summed E-state index contributed by atoms with van der Waals surface area (Å²) in [4.78, 5) is 0. The lowest BCUT2D eigenvalue weighted by molar-refractivity contribution is -0.0512. The quantitative estimate of drug-likeness (QED) is 0.715. The van der Waals surface area contributed by atoms with Crippen LogP contribution in [0.2, 0.25) is 0 Å². The fourth-order valence-corrected chi connectivity index (χ4v) is 3.44. The van der Waals surface area contributed by atoms with Gasteiger partial charge < -0.3 is 9.47 Å². The standard InChI is InChI=1S/C17H19F2NO4S/c1-20(25(21,22)12-13-6-4-3-5-7-13)11-14-8-9-15(23-2)16(10-14)24-17(18)19/h3-10,17H,11-12H2,1-2H3. The largest absolute Gasteiger partial charge is 0.493 e. The number of sulfonamides is 1. The second-order valence-corrected chi connectivity index (χ2v) is 7.44. The molecule has 0 aliphatic heterocycles. The van der Waals surface area contributed by atoms with Crippen LogP contribution in [0.4, 0.5) is 8.78 Å². The van der Waals surface area contributed by atoms with Gasteiger partial charge in [0.1, 0.15) is 0 Å². The van der Waals surface area contributed by atoms with E-state index in [0.717, 1.165) is 0 Å². The Kier molecular flexibility index (Phi) is 6.33. The average molecular weight is 371 g/mol. The minimum Gasteiger partial charge on any atom is -0.493 e. The topological polar surface area (TPSA) is 55.8 Å². The Labute approximate surface area is 145 Å². The summed E-state index contributed by atoms with van der Waals surface area (Å²) in [6.07, 6.45) is 0. The monoisotopic (exact) mass is 371 g/mol. The van der Waals surface area contributed by atoms with E-state index in [9.17, 15) is 17.2 Å². The van der Waals surface area contributed by atoms with Gasteiger partial charge >= 0.3 is 6.61 Å². The predicted octanol–water partition coefficient (Wildman–Crippen LogP) is 3.26. The second-order valence-electron chi connectivity index (χ2n) is 5.36. The van der Waals surface area contributed by atoms with Crippen LogP contribution in [-0.2, 0) is 22.3 Å². The second kappa shape index (κ2) is 8.26. The van der Waals surface area contributed by atoms with Crippen LogP contribution in [0, 0.1) is 0 Å². The Morgan fingerprint density at radius 2 is 1.72 bits per heavy atom. The van der Waals surface area contributed by atoms with E-state index in [4.69, 9.17) is 4.74 Å². The van der Waals surface area contributed by atoms with Crippen molar-refractivity contribution in [3.63, 3.8) is 0 Å². The van der Waals surface area contributed by atoms with Crippen LogP contribution in [-0.4, -0.2) is 33.5 Å². The average Bonchev–Trinajstić information content (AvgIpc) is 2.55. The summed E-state index contributed by atoms with van der Waals surface area (Å²) in [5, 5.41) is 0. The molecule has 2 aromatic carbocycles. The molecule has 0 saturated heterocycles. The van der Waals surface area contributed by atoms with Crippen molar-refractivity contribution in [1.29, 1.82) is 0 Å². The van der Waals surface area contributed by atoms with Crippen molar-refractivity contribution in [2.24, 2.45) is 0 Å². The van der Waals surface area contributed by atoms with Gasteiger partial charge in [0.2, 0.25) is 10.0 Å². The molecule has 0 aliphatic rings. The molecule has 0 atom stereocenters. The maximum Gasteiger partial charge on any atom is 0.387 e. The molecule has 0 spiro atoms. The number of nitrogens with zero attached hydrogens (tertiary/aromatic N) is 1. The smallest absolute Gasteiger partial charge is 0.387 e. The SMILES string of the molecule is COc1ccc(CN(C)S(=O)(=O)Cc2ccccc2)cc1OC(F)F. The van der Waals surface area contributed by atoms with E-state index in [2.05, 4.69) is 4.74 Å². The van der Waals surface area contributed by atoms with E-state index in [0.29, 0.717) is 11.1 Å². The highest BCUT2D eigenvalue weighted by molar-refractivity contribution is 7.88. The van der Waals surface area contributed by atoms with Crippen LogP contribution < -0.4 is 9.47 Å². The zero-order valence-corrected chi connectivity index (χ0v) is 14.7. The van der Waals surface area contributed by atoms with E-state index in [1.807, 2.05) is 6.07 Å². The minimum absolute atomic E-state index is 0.0265. The molecule has 0 N–H and O–H groups in total. The molecular weight excluding hydrogens is 352 g/mol. The number of hydrogen-bond acceptors (Lipinski definition) is 4.